The largest absolute Gasteiger partial charge is 0.338 e. The summed E-state index contributed by atoms with van der Waals surface area (Å²) in [4.78, 5) is 12.1. The lowest BCUT2D eigenvalue weighted by Gasteiger charge is -2.31. The molecule has 0 atom stereocenters. The maximum Gasteiger partial charge on any atom is 0.315 e. The summed E-state index contributed by atoms with van der Waals surface area (Å²) in [5.41, 5.74) is 0. The smallest absolute Gasteiger partial charge is 0.315 e. The summed E-state index contributed by atoms with van der Waals surface area (Å²) in [5.74, 6) is -1.06. The fraction of sp³-hybridized carbons (Fsp3) is 0.875. The van der Waals surface area contributed by atoms with Crippen LogP contribution in [-0.2, 0) is 4.79 Å². The van der Waals surface area contributed by atoms with Crippen molar-refractivity contribution in [3.63, 3.8) is 0 Å². The quantitative estimate of drug-likeness (QED) is 0.689. The highest BCUT2D eigenvalue weighted by Gasteiger charge is 2.27. The maximum atomic E-state index is 12.0. The first-order valence-electron chi connectivity index (χ1n) is 4.38. The van der Waals surface area contributed by atoms with Crippen molar-refractivity contribution in [2.24, 2.45) is 0 Å². The monoisotopic (exact) mass is 192 g/mol. The van der Waals surface area contributed by atoms with Gasteiger partial charge in [0.25, 0.3) is 5.91 Å². The predicted octanol–water partition coefficient (Wildman–Crippen LogP) is 0.462. The average Bonchev–Trinajstić information content (AvgIpc) is 2.17. The number of alkyl halides is 2. The van der Waals surface area contributed by atoms with E-state index < -0.39 is 12.3 Å². The van der Waals surface area contributed by atoms with Crippen LogP contribution in [0.2, 0.25) is 0 Å². The first-order valence-corrected chi connectivity index (χ1v) is 4.38. The SMILES string of the molecule is CN(C(=O)C(F)F)C1CCNCC1. The first-order chi connectivity index (χ1) is 6.13. The standard InChI is InChI=1S/C8H14F2N2O/c1-12(8(13)7(9)10)6-2-4-11-5-3-6/h6-7,11H,2-5H2,1H3. The van der Waals surface area contributed by atoms with Crippen LogP contribution in [0.3, 0.4) is 0 Å². The molecule has 1 saturated heterocycles. The van der Waals surface area contributed by atoms with E-state index in [-0.39, 0.29) is 6.04 Å². The molecule has 0 radical (unpaired) electrons. The fourth-order valence-electron chi connectivity index (χ4n) is 1.53. The number of nitrogens with one attached hydrogen (secondary N) is 1. The number of halogens is 2. The number of hydrogen-bond acceptors (Lipinski definition) is 2. The number of piperidine rings is 1. The third-order valence-corrected chi connectivity index (χ3v) is 2.39. The molecule has 0 aromatic heterocycles. The van der Waals surface area contributed by atoms with E-state index >= 15 is 0 Å². The van der Waals surface area contributed by atoms with Crippen molar-refractivity contribution in [1.82, 2.24) is 10.2 Å². The van der Waals surface area contributed by atoms with E-state index in [1.54, 1.807) is 0 Å². The van der Waals surface area contributed by atoms with Gasteiger partial charge in [-0.05, 0) is 25.9 Å². The predicted molar refractivity (Wildman–Crippen MR) is 44.7 cm³/mol. The second kappa shape index (κ2) is 4.50. The molecule has 5 heteroatoms. The van der Waals surface area contributed by atoms with Gasteiger partial charge in [-0.3, -0.25) is 4.79 Å². The summed E-state index contributed by atoms with van der Waals surface area (Å²) in [6.45, 7) is 1.59. The van der Waals surface area contributed by atoms with Crippen LogP contribution in [0.4, 0.5) is 8.78 Å². The van der Waals surface area contributed by atoms with Crippen LogP contribution in [-0.4, -0.2) is 43.4 Å². The molecule has 0 aliphatic carbocycles. The van der Waals surface area contributed by atoms with Crippen LogP contribution < -0.4 is 5.32 Å². The molecule has 0 saturated carbocycles. The minimum absolute atomic E-state index is 0.0252. The Kier molecular flexibility index (Phi) is 3.59. The van der Waals surface area contributed by atoms with Crippen LogP contribution in [0.15, 0.2) is 0 Å². The Morgan fingerprint density at radius 1 is 1.46 bits per heavy atom. The Hall–Kier alpha value is -0.710. The molecule has 0 spiro atoms. The molecule has 0 aromatic carbocycles. The molecule has 0 aromatic rings. The molecule has 1 N–H and O–H groups in total. The van der Waals surface area contributed by atoms with Crippen molar-refractivity contribution in [3.8, 4) is 0 Å². The summed E-state index contributed by atoms with van der Waals surface area (Å²) < 4.78 is 24.1. The van der Waals surface area contributed by atoms with Gasteiger partial charge in [-0.15, -0.1) is 0 Å². The molecule has 76 valence electrons. The molecule has 3 nitrogen and oxygen atoms in total. The lowest BCUT2D eigenvalue weighted by atomic mass is 10.1. The van der Waals surface area contributed by atoms with E-state index in [1.807, 2.05) is 0 Å². The molecule has 0 unspecified atom stereocenters. The summed E-state index contributed by atoms with van der Waals surface area (Å²) in [6.07, 6.45) is -1.36. The third kappa shape index (κ3) is 2.62. The maximum absolute atomic E-state index is 12.0. The molecule has 1 aliphatic rings. The summed E-state index contributed by atoms with van der Waals surface area (Å²) >= 11 is 0. The van der Waals surface area contributed by atoms with Gasteiger partial charge in [-0.2, -0.15) is 8.78 Å². The van der Waals surface area contributed by atoms with E-state index in [4.69, 9.17) is 0 Å². The van der Waals surface area contributed by atoms with Crippen LogP contribution in [0.1, 0.15) is 12.8 Å². The molecule has 1 amide bonds. The minimum Gasteiger partial charge on any atom is -0.338 e. The van der Waals surface area contributed by atoms with Gasteiger partial charge in [-0.1, -0.05) is 0 Å². The summed E-state index contributed by atoms with van der Waals surface area (Å²) in [7, 11) is 1.45. The topological polar surface area (TPSA) is 32.3 Å². The highest BCUT2D eigenvalue weighted by molar-refractivity contribution is 5.79. The Labute approximate surface area is 76.1 Å². The molecule has 13 heavy (non-hydrogen) atoms. The van der Waals surface area contributed by atoms with Crippen LogP contribution in [0, 0.1) is 0 Å². The van der Waals surface area contributed by atoms with Crippen molar-refractivity contribution in [2.75, 3.05) is 20.1 Å². The number of rotatable bonds is 2. The van der Waals surface area contributed by atoms with E-state index in [0.29, 0.717) is 0 Å². The zero-order valence-electron chi connectivity index (χ0n) is 7.59. The molecule has 1 heterocycles. The van der Waals surface area contributed by atoms with Crippen LogP contribution in [0.25, 0.3) is 0 Å². The Morgan fingerprint density at radius 3 is 2.46 bits per heavy atom. The number of amides is 1. The van der Waals surface area contributed by atoms with E-state index in [0.717, 1.165) is 25.9 Å². The molecule has 0 bridgehead atoms. The summed E-state index contributed by atoms with van der Waals surface area (Å²) in [5, 5.41) is 3.11. The zero-order chi connectivity index (χ0) is 9.84. The van der Waals surface area contributed by atoms with Gasteiger partial charge in [0.2, 0.25) is 0 Å². The van der Waals surface area contributed by atoms with E-state index in [1.165, 1.54) is 11.9 Å². The van der Waals surface area contributed by atoms with Crippen LogP contribution in [0.5, 0.6) is 0 Å². The van der Waals surface area contributed by atoms with Gasteiger partial charge >= 0.3 is 6.43 Å². The zero-order valence-corrected chi connectivity index (χ0v) is 7.59. The molecule has 1 aliphatic heterocycles. The number of carbonyl (C=O) groups is 1. The van der Waals surface area contributed by atoms with Gasteiger partial charge in [0, 0.05) is 13.1 Å². The summed E-state index contributed by atoms with van der Waals surface area (Å²) in [6, 6.07) is -0.0252. The molecular formula is C8H14F2N2O. The first kappa shape index (κ1) is 10.4. The van der Waals surface area contributed by atoms with Crippen molar-refractivity contribution in [2.45, 2.75) is 25.3 Å². The Bertz CT molecular complexity index is 181. The van der Waals surface area contributed by atoms with Crippen molar-refractivity contribution in [1.29, 1.82) is 0 Å². The van der Waals surface area contributed by atoms with Crippen molar-refractivity contribution in [3.05, 3.63) is 0 Å². The fourth-order valence-corrected chi connectivity index (χ4v) is 1.53. The van der Waals surface area contributed by atoms with Gasteiger partial charge < -0.3 is 10.2 Å². The number of nitrogens with zero attached hydrogens (tertiary/aromatic N) is 1. The van der Waals surface area contributed by atoms with Crippen molar-refractivity contribution >= 4 is 5.91 Å². The van der Waals surface area contributed by atoms with Gasteiger partial charge in [-0.25, -0.2) is 0 Å². The second-order valence-corrected chi connectivity index (χ2v) is 3.23. The van der Waals surface area contributed by atoms with Crippen molar-refractivity contribution < 1.29 is 13.6 Å². The Balaban J connectivity index is 2.45. The lowest BCUT2D eigenvalue weighted by Crippen LogP contribution is -2.45. The highest BCUT2D eigenvalue weighted by atomic mass is 19.3. The van der Waals surface area contributed by atoms with Crippen LogP contribution >= 0.6 is 0 Å². The molecule has 1 fully saturated rings. The second-order valence-electron chi connectivity index (χ2n) is 3.23. The normalized spacial score (nSPS) is 19.1. The van der Waals surface area contributed by atoms with Gasteiger partial charge in [0.05, 0.1) is 0 Å². The lowest BCUT2D eigenvalue weighted by molar-refractivity contribution is -0.144. The highest BCUT2D eigenvalue weighted by Crippen LogP contribution is 2.12. The molecular weight excluding hydrogens is 178 g/mol. The molecule has 1 rings (SSSR count). The van der Waals surface area contributed by atoms with E-state index in [9.17, 15) is 13.6 Å². The van der Waals surface area contributed by atoms with Gasteiger partial charge in [0.1, 0.15) is 0 Å². The van der Waals surface area contributed by atoms with E-state index in [2.05, 4.69) is 5.32 Å². The minimum atomic E-state index is -2.88. The Morgan fingerprint density at radius 2 is 2.00 bits per heavy atom. The number of carbonyl (C=O) groups excluding carboxylic acids is 1. The van der Waals surface area contributed by atoms with Gasteiger partial charge in [0.15, 0.2) is 0 Å². The number of hydrogen-bond donors (Lipinski definition) is 1. The third-order valence-electron chi connectivity index (χ3n) is 2.39. The average molecular weight is 192 g/mol.